The standard InChI is InChI=1S/C19H26N4O2/c1-11-2-3-15-16(8-11)22-18(21-15)19(25)23-17(13-9-14(24)10-13)12-4-6-20-7-5-12/h2-3,8,12-14,17,20,24H,4-7,9-10H2,1H3,(H,21,22)(H,23,25)/t13?,14?,17-/m0/s1. The minimum Gasteiger partial charge on any atom is -0.393 e. The third kappa shape index (κ3) is 3.41. The molecule has 1 amide bonds. The molecule has 1 aromatic heterocycles. The Kier molecular flexibility index (Phi) is 4.48. The highest BCUT2D eigenvalue weighted by Crippen LogP contribution is 2.35. The fraction of sp³-hybridized carbons (Fsp3) is 0.579. The zero-order valence-corrected chi connectivity index (χ0v) is 14.6. The normalized spacial score (nSPS) is 25.5. The largest absolute Gasteiger partial charge is 0.393 e. The summed E-state index contributed by atoms with van der Waals surface area (Å²) < 4.78 is 0. The lowest BCUT2D eigenvalue weighted by atomic mass is 9.71. The Labute approximate surface area is 147 Å². The first kappa shape index (κ1) is 16.5. The van der Waals surface area contributed by atoms with Gasteiger partial charge in [-0.1, -0.05) is 6.07 Å². The molecule has 2 aromatic rings. The van der Waals surface area contributed by atoms with E-state index in [-0.39, 0.29) is 18.1 Å². The second-order valence-electron chi connectivity index (χ2n) is 7.58. The van der Waals surface area contributed by atoms with Gasteiger partial charge < -0.3 is 20.7 Å². The molecule has 1 saturated heterocycles. The van der Waals surface area contributed by atoms with Gasteiger partial charge in [-0.2, -0.15) is 0 Å². The quantitative estimate of drug-likeness (QED) is 0.681. The summed E-state index contributed by atoms with van der Waals surface area (Å²) in [7, 11) is 0. The summed E-state index contributed by atoms with van der Waals surface area (Å²) in [5.74, 6) is 1.07. The number of amides is 1. The first-order valence-corrected chi connectivity index (χ1v) is 9.26. The van der Waals surface area contributed by atoms with Gasteiger partial charge in [-0.25, -0.2) is 4.98 Å². The number of H-pyrrole nitrogens is 1. The van der Waals surface area contributed by atoms with E-state index in [1.165, 1.54) is 0 Å². The van der Waals surface area contributed by atoms with Gasteiger partial charge in [0.1, 0.15) is 0 Å². The van der Waals surface area contributed by atoms with Crippen LogP contribution in [0.1, 0.15) is 41.9 Å². The van der Waals surface area contributed by atoms with E-state index in [9.17, 15) is 9.90 Å². The van der Waals surface area contributed by atoms with E-state index < -0.39 is 0 Å². The summed E-state index contributed by atoms with van der Waals surface area (Å²) in [5, 5.41) is 16.3. The number of aromatic nitrogens is 2. The van der Waals surface area contributed by atoms with Crippen molar-refractivity contribution in [1.82, 2.24) is 20.6 Å². The van der Waals surface area contributed by atoms with Crippen molar-refractivity contribution in [1.29, 1.82) is 0 Å². The average Bonchev–Trinajstić information content (AvgIpc) is 3.01. The summed E-state index contributed by atoms with van der Waals surface area (Å²) in [5.41, 5.74) is 2.84. The molecule has 1 aliphatic heterocycles. The van der Waals surface area contributed by atoms with Gasteiger partial charge in [-0.3, -0.25) is 4.79 Å². The van der Waals surface area contributed by atoms with Crippen molar-refractivity contribution in [3.63, 3.8) is 0 Å². The molecular formula is C19H26N4O2. The topological polar surface area (TPSA) is 90.0 Å². The zero-order chi connectivity index (χ0) is 17.4. The number of fused-ring (bicyclic) bond motifs is 1. The Bertz CT molecular complexity index is 760. The van der Waals surface area contributed by atoms with Crippen LogP contribution in [-0.2, 0) is 0 Å². The molecule has 1 aliphatic carbocycles. The van der Waals surface area contributed by atoms with Gasteiger partial charge in [0.25, 0.3) is 5.91 Å². The number of hydrogen-bond donors (Lipinski definition) is 4. The number of nitrogens with zero attached hydrogens (tertiary/aromatic N) is 1. The van der Waals surface area contributed by atoms with Crippen LogP contribution in [-0.4, -0.2) is 46.2 Å². The predicted molar refractivity (Wildman–Crippen MR) is 96.4 cm³/mol. The highest BCUT2D eigenvalue weighted by molar-refractivity contribution is 5.94. The minimum atomic E-state index is -0.208. The molecule has 6 nitrogen and oxygen atoms in total. The summed E-state index contributed by atoms with van der Waals surface area (Å²) in [6.07, 6.45) is 3.50. The van der Waals surface area contributed by atoms with Gasteiger partial charge in [0.05, 0.1) is 17.1 Å². The van der Waals surface area contributed by atoms with Gasteiger partial charge in [0.2, 0.25) is 0 Å². The van der Waals surface area contributed by atoms with Crippen LogP contribution in [0.25, 0.3) is 11.0 Å². The molecule has 2 heterocycles. The SMILES string of the molecule is Cc1ccc2nc(C(=O)N[C@@H](C3CCNCC3)C3CC(O)C3)[nH]c2c1. The number of aliphatic hydroxyl groups is 1. The summed E-state index contributed by atoms with van der Waals surface area (Å²) in [4.78, 5) is 20.4. The van der Waals surface area contributed by atoms with Crippen LogP contribution in [0.2, 0.25) is 0 Å². The van der Waals surface area contributed by atoms with Gasteiger partial charge >= 0.3 is 0 Å². The van der Waals surface area contributed by atoms with Gasteiger partial charge in [0, 0.05) is 6.04 Å². The lowest BCUT2D eigenvalue weighted by Gasteiger charge is -2.43. The fourth-order valence-corrected chi connectivity index (χ4v) is 4.20. The number of rotatable bonds is 4. The number of hydrogen-bond acceptors (Lipinski definition) is 4. The maximum Gasteiger partial charge on any atom is 0.287 e. The predicted octanol–water partition coefficient (Wildman–Crippen LogP) is 1.74. The molecule has 2 fully saturated rings. The molecule has 4 N–H and O–H groups in total. The zero-order valence-electron chi connectivity index (χ0n) is 14.6. The molecule has 134 valence electrons. The number of carbonyl (C=O) groups excluding carboxylic acids is 1. The van der Waals surface area contributed by atoms with E-state index in [2.05, 4.69) is 20.6 Å². The van der Waals surface area contributed by atoms with Crippen LogP contribution in [0, 0.1) is 18.8 Å². The third-order valence-electron chi connectivity index (χ3n) is 5.70. The molecular weight excluding hydrogens is 316 g/mol. The van der Waals surface area contributed by atoms with Crippen LogP contribution >= 0.6 is 0 Å². The van der Waals surface area contributed by atoms with E-state index in [1.807, 2.05) is 25.1 Å². The Morgan fingerprint density at radius 2 is 2.04 bits per heavy atom. The first-order valence-electron chi connectivity index (χ1n) is 9.26. The van der Waals surface area contributed by atoms with Crippen LogP contribution in [0.5, 0.6) is 0 Å². The van der Waals surface area contributed by atoms with E-state index in [0.29, 0.717) is 17.7 Å². The van der Waals surface area contributed by atoms with E-state index in [0.717, 1.165) is 55.4 Å². The van der Waals surface area contributed by atoms with Crippen molar-refractivity contribution in [3.8, 4) is 0 Å². The second kappa shape index (κ2) is 6.77. The van der Waals surface area contributed by atoms with Crippen LogP contribution < -0.4 is 10.6 Å². The van der Waals surface area contributed by atoms with Crippen LogP contribution in [0.3, 0.4) is 0 Å². The average molecular weight is 342 g/mol. The molecule has 4 rings (SSSR count). The number of carbonyl (C=O) groups is 1. The van der Waals surface area contributed by atoms with Crippen LogP contribution in [0.4, 0.5) is 0 Å². The minimum absolute atomic E-state index is 0.118. The molecule has 0 radical (unpaired) electrons. The summed E-state index contributed by atoms with van der Waals surface area (Å²) >= 11 is 0. The second-order valence-corrected chi connectivity index (χ2v) is 7.58. The van der Waals surface area contributed by atoms with E-state index in [1.54, 1.807) is 0 Å². The third-order valence-corrected chi connectivity index (χ3v) is 5.70. The molecule has 6 heteroatoms. The van der Waals surface area contributed by atoms with Crippen LogP contribution in [0.15, 0.2) is 18.2 Å². The van der Waals surface area contributed by atoms with Crippen molar-refractivity contribution < 1.29 is 9.90 Å². The van der Waals surface area contributed by atoms with E-state index in [4.69, 9.17) is 0 Å². The maximum absolute atomic E-state index is 12.8. The van der Waals surface area contributed by atoms with Gasteiger partial charge in [-0.05, 0) is 75.2 Å². The number of nitrogens with one attached hydrogen (secondary N) is 3. The molecule has 0 bridgehead atoms. The molecule has 1 saturated carbocycles. The monoisotopic (exact) mass is 342 g/mol. The molecule has 0 unspecified atom stereocenters. The Hall–Kier alpha value is -1.92. The number of aryl methyl sites for hydroxylation is 1. The first-order chi connectivity index (χ1) is 12.1. The highest BCUT2D eigenvalue weighted by atomic mass is 16.3. The Morgan fingerprint density at radius 1 is 1.28 bits per heavy atom. The van der Waals surface area contributed by atoms with Crippen molar-refractivity contribution in [3.05, 3.63) is 29.6 Å². The van der Waals surface area contributed by atoms with Crippen molar-refractivity contribution in [2.24, 2.45) is 11.8 Å². The smallest absolute Gasteiger partial charge is 0.287 e. The maximum atomic E-state index is 12.8. The number of benzene rings is 1. The number of aromatic amines is 1. The Morgan fingerprint density at radius 3 is 2.76 bits per heavy atom. The van der Waals surface area contributed by atoms with E-state index >= 15 is 0 Å². The fourth-order valence-electron chi connectivity index (χ4n) is 4.20. The molecule has 1 atom stereocenters. The lowest BCUT2D eigenvalue weighted by Crippen LogP contribution is -2.53. The summed E-state index contributed by atoms with van der Waals surface area (Å²) in [6, 6.07) is 6.06. The number of piperidine rings is 1. The molecule has 25 heavy (non-hydrogen) atoms. The Balaban J connectivity index is 1.52. The molecule has 1 aromatic carbocycles. The summed E-state index contributed by atoms with van der Waals surface area (Å²) in [6.45, 7) is 4.02. The molecule has 2 aliphatic rings. The highest BCUT2D eigenvalue weighted by Gasteiger charge is 2.39. The van der Waals surface area contributed by atoms with Crippen molar-refractivity contribution in [2.75, 3.05) is 13.1 Å². The van der Waals surface area contributed by atoms with Crippen molar-refractivity contribution in [2.45, 2.75) is 44.8 Å². The molecule has 0 spiro atoms. The van der Waals surface area contributed by atoms with Gasteiger partial charge in [0.15, 0.2) is 5.82 Å². The van der Waals surface area contributed by atoms with Gasteiger partial charge in [-0.15, -0.1) is 0 Å². The van der Waals surface area contributed by atoms with Crippen molar-refractivity contribution >= 4 is 16.9 Å². The number of aliphatic hydroxyl groups excluding tert-OH is 1. The lowest BCUT2D eigenvalue weighted by molar-refractivity contribution is 0.00908. The number of imidazole rings is 1.